The van der Waals surface area contributed by atoms with Crippen molar-refractivity contribution < 1.29 is 19.2 Å². The van der Waals surface area contributed by atoms with Gasteiger partial charge in [0.15, 0.2) is 11.5 Å². The molecule has 3 aromatic rings. The third-order valence-corrected chi connectivity index (χ3v) is 3.75. The van der Waals surface area contributed by atoms with Crippen molar-refractivity contribution in [3.8, 4) is 17.4 Å². The van der Waals surface area contributed by atoms with Gasteiger partial charge in [0.05, 0.1) is 18.2 Å². The van der Waals surface area contributed by atoms with E-state index in [9.17, 15) is 14.9 Å². The monoisotopic (exact) mass is 392 g/mol. The zero-order valence-corrected chi connectivity index (χ0v) is 15.3. The normalized spacial score (nSPS) is 10.5. The summed E-state index contributed by atoms with van der Waals surface area (Å²) in [6, 6.07) is 16.4. The predicted octanol–water partition coefficient (Wildman–Crippen LogP) is 3.55. The number of benzene rings is 2. The fourth-order valence-electron chi connectivity index (χ4n) is 2.32. The van der Waals surface area contributed by atoms with E-state index < -0.39 is 4.92 Å². The van der Waals surface area contributed by atoms with Crippen LogP contribution in [-0.4, -0.2) is 29.1 Å². The van der Waals surface area contributed by atoms with Gasteiger partial charge in [-0.3, -0.25) is 14.9 Å². The molecule has 29 heavy (non-hydrogen) atoms. The lowest BCUT2D eigenvalue weighted by molar-refractivity contribution is -0.385. The number of nitrogens with zero attached hydrogens (tertiary/aromatic N) is 3. The van der Waals surface area contributed by atoms with Gasteiger partial charge in [0.1, 0.15) is 6.20 Å². The molecule has 3 rings (SSSR count). The number of methoxy groups -OCH3 is 1. The highest BCUT2D eigenvalue weighted by Crippen LogP contribution is 2.31. The number of nitrogens with one attached hydrogen (secondary N) is 1. The Balaban J connectivity index is 1.68. The first-order valence-corrected chi connectivity index (χ1v) is 8.41. The van der Waals surface area contributed by atoms with Crippen LogP contribution in [0.2, 0.25) is 0 Å². The molecule has 2 aromatic carbocycles. The highest BCUT2D eigenvalue weighted by atomic mass is 16.6. The van der Waals surface area contributed by atoms with Crippen LogP contribution < -0.4 is 14.9 Å². The maximum Gasteiger partial charge on any atom is 0.287 e. The topological polar surface area (TPSA) is 116 Å². The molecule has 0 fully saturated rings. The lowest BCUT2D eigenvalue weighted by Gasteiger charge is -2.10. The summed E-state index contributed by atoms with van der Waals surface area (Å²) in [7, 11) is 1.48. The molecule has 0 saturated heterocycles. The van der Waals surface area contributed by atoms with E-state index in [0.717, 1.165) is 6.20 Å². The summed E-state index contributed by atoms with van der Waals surface area (Å²) in [6.07, 6.45) is 2.58. The molecular weight excluding hydrogens is 376 g/mol. The van der Waals surface area contributed by atoms with Crippen LogP contribution >= 0.6 is 0 Å². The summed E-state index contributed by atoms with van der Waals surface area (Å²) in [5, 5.41) is 14.6. The summed E-state index contributed by atoms with van der Waals surface area (Å²) in [5.74, 6) is 0.645. The molecule has 0 bridgehead atoms. The van der Waals surface area contributed by atoms with E-state index in [0.29, 0.717) is 22.6 Å². The predicted molar refractivity (Wildman–Crippen MR) is 105 cm³/mol. The van der Waals surface area contributed by atoms with Gasteiger partial charge in [-0.1, -0.05) is 18.2 Å². The summed E-state index contributed by atoms with van der Waals surface area (Å²) in [6.45, 7) is 0. The zero-order chi connectivity index (χ0) is 20.6. The molecule has 0 saturated carbocycles. The van der Waals surface area contributed by atoms with Crippen molar-refractivity contribution in [2.24, 2.45) is 5.10 Å². The SMILES string of the molecule is COc1cc(C=NNC(=O)c2ccccc2)ccc1Oc1ccc([N+](=O)[O-])cn1. The molecule has 1 amide bonds. The molecule has 1 aromatic heterocycles. The van der Waals surface area contributed by atoms with E-state index in [-0.39, 0.29) is 17.5 Å². The summed E-state index contributed by atoms with van der Waals surface area (Å²) in [4.78, 5) is 26.0. The van der Waals surface area contributed by atoms with Gasteiger partial charge in [0, 0.05) is 17.7 Å². The zero-order valence-electron chi connectivity index (χ0n) is 15.3. The van der Waals surface area contributed by atoms with Crippen molar-refractivity contribution in [3.05, 3.63) is 88.1 Å². The highest BCUT2D eigenvalue weighted by molar-refractivity contribution is 5.94. The van der Waals surface area contributed by atoms with Crippen molar-refractivity contribution in [2.75, 3.05) is 7.11 Å². The third kappa shape index (κ3) is 5.13. The van der Waals surface area contributed by atoms with Crippen LogP contribution in [0.5, 0.6) is 17.4 Å². The molecule has 0 atom stereocenters. The Morgan fingerprint density at radius 3 is 2.59 bits per heavy atom. The number of rotatable bonds is 7. The number of nitro groups is 1. The molecule has 1 heterocycles. The van der Waals surface area contributed by atoms with Crippen LogP contribution in [0.25, 0.3) is 0 Å². The van der Waals surface area contributed by atoms with Gasteiger partial charge in [0.25, 0.3) is 11.6 Å². The van der Waals surface area contributed by atoms with Crippen molar-refractivity contribution >= 4 is 17.8 Å². The second-order valence-corrected chi connectivity index (χ2v) is 5.69. The van der Waals surface area contributed by atoms with E-state index in [1.54, 1.807) is 42.5 Å². The molecule has 0 unspecified atom stereocenters. The number of carbonyl (C=O) groups is 1. The van der Waals surface area contributed by atoms with Crippen LogP contribution in [0, 0.1) is 10.1 Å². The van der Waals surface area contributed by atoms with Crippen LogP contribution in [0.4, 0.5) is 5.69 Å². The summed E-state index contributed by atoms with van der Waals surface area (Å²) >= 11 is 0. The van der Waals surface area contributed by atoms with E-state index in [1.165, 1.54) is 25.5 Å². The van der Waals surface area contributed by atoms with E-state index >= 15 is 0 Å². The van der Waals surface area contributed by atoms with Crippen molar-refractivity contribution in [2.45, 2.75) is 0 Å². The smallest absolute Gasteiger partial charge is 0.287 e. The molecule has 0 radical (unpaired) electrons. The second-order valence-electron chi connectivity index (χ2n) is 5.69. The Hall–Kier alpha value is -4.27. The molecule has 0 spiro atoms. The van der Waals surface area contributed by atoms with Crippen LogP contribution in [0.3, 0.4) is 0 Å². The molecule has 0 aliphatic carbocycles. The van der Waals surface area contributed by atoms with Crippen LogP contribution in [-0.2, 0) is 0 Å². The second kappa shape index (κ2) is 9.09. The fourth-order valence-corrected chi connectivity index (χ4v) is 2.32. The van der Waals surface area contributed by atoms with Gasteiger partial charge in [-0.05, 0) is 35.9 Å². The number of aromatic nitrogens is 1. The molecule has 146 valence electrons. The molecule has 0 aliphatic heterocycles. The minimum atomic E-state index is -0.540. The molecule has 1 N–H and O–H groups in total. The first-order chi connectivity index (χ1) is 14.1. The van der Waals surface area contributed by atoms with E-state index in [1.807, 2.05) is 6.07 Å². The average Bonchev–Trinajstić information content (AvgIpc) is 2.75. The highest BCUT2D eigenvalue weighted by Gasteiger charge is 2.10. The van der Waals surface area contributed by atoms with Gasteiger partial charge in [-0.2, -0.15) is 5.10 Å². The maximum atomic E-state index is 12.0. The third-order valence-electron chi connectivity index (χ3n) is 3.75. The number of pyridine rings is 1. The molecule has 0 aliphatic rings. The van der Waals surface area contributed by atoms with Gasteiger partial charge >= 0.3 is 0 Å². The van der Waals surface area contributed by atoms with Crippen molar-refractivity contribution in [3.63, 3.8) is 0 Å². The lowest BCUT2D eigenvalue weighted by atomic mass is 10.2. The van der Waals surface area contributed by atoms with Crippen LogP contribution in [0.15, 0.2) is 72.0 Å². The summed E-state index contributed by atoms with van der Waals surface area (Å²) in [5.41, 5.74) is 3.48. The van der Waals surface area contributed by atoms with Gasteiger partial charge in [0.2, 0.25) is 5.88 Å². The Morgan fingerprint density at radius 1 is 1.14 bits per heavy atom. The number of amides is 1. The minimum Gasteiger partial charge on any atom is -0.493 e. The Morgan fingerprint density at radius 2 is 1.93 bits per heavy atom. The number of carbonyl (C=O) groups excluding carboxylic acids is 1. The fraction of sp³-hybridized carbons (Fsp3) is 0.0500. The number of hydrogen-bond donors (Lipinski definition) is 1. The summed E-state index contributed by atoms with van der Waals surface area (Å²) < 4.78 is 10.9. The average molecular weight is 392 g/mol. The van der Waals surface area contributed by atoms with Gasteiger partial charge in [-0.25, -0.2) is 10.4 Å². The minimum absolute atomic E-state index is 0.131. The number of hydrogen-bond acceptors (Lipinski definition) is 7. The number of hydrazone groups is 1. The van der Waals surface area contributed by atoms with Crippen molar-refractivity contribution in [1.82, 2.24) is 10.4 Å². The Bertz CT molecular complexity index is 1040. The first kappa shape index (κ1) is 19.5. The number of ether oxygens (including phenoxy) is 2. The Labute approximate surface area is 165 Å². The van der Waals surface area contributed by atoms with Gasteiger partial charge < -0.3 is 9.47 Å². The maximum absolute atomic E-state index is 12.0. The standard InChI is InChI=1S/C20H16N4O5/c1-28-18-11-14(12-22-23-20(25)15-5-3-2-4-6-15)7-9-17(18)29-19-10-8-16(13-21-19)24(26)27/h2-13H,1H3,(H,23,25). The molecule has 9 heteroatoms. The first-order valence-electron chi connectivity index (χ1n) is 8.41. The van der Waals surface area contributed by atoms with Crippen LogP contribution in [0.1, 0.15) is 15.9 Å². The van der Waals surface area contributed by atoms with E-state index in [4.69, 9.17) is 9.47 Å². The largest absolute Gasteiger partial charge is 0.493 e. The van der Waals surface area contributed by atoms with Crippen molar-refractivity contribution in [1.29, 1.82) is 0 Å². The molecular formula is C20H16N4O5. The quantitative estimate of drug-likeness (QED) is 0.373. The lowest BCUT2D eigenvalue weighted by Crippen LogP contribution is -2.17. The molecule has 9 nitrogen and oxygen atoms in total. The Kier molecular flexibility index (Phi) is 6.11. The van der Waals surface area contributed by atoms with E-state index in [2.05, 4.69) is 15.5 Å². The van der Waals surface area contributed by atoms with Gasteiger partial charge in [-0.15, -0.1) is 0 Å².